The van der Waals surface area contributed by atoms with Crippen molar-refractivity contribution in [3.8, 4) is 0 Å². The van der Waals surface area contributed by atoms with Crippen molar-refractivity contribution in [3.05, 3.63) is 24.0 Å². The van der Waals surface area contributed by atoms with Crippen LogP contribution in [-0.4, -0.2) is 11.8 Å². The Hall–Kier alpha value is -1.38. The van der Waals surface area contributed by atoms with Gasteiger partial charge in [-0.15, -0.1) is 0 Å². The molecule has 90 valence electrons. The van der Waals surface area contributed by atoms with Gasteiger partial charge in [-0.1, -0.05) is 26.0 Å². The van der Waals surface area contributed by atoms with Crippen molar-refractivity contribution in [2.24, 2.45) is 29.6 Å². The lowest BCUT2D eigenvalue weighted by Crippen LogP contribution is -2.23. The van der Waals surface area contributed by atoms with Crippen LogP contribution < -0.4 is 0 Å². The van der Waals surface area contributed by atoms with Gasteiger partial charge in [0.1, 0.15) is 5.76 Å². The number of ether oxygens (including phenoxy) is 1. The van der Waals surface area contributed by atoms with E-state index in [2.05, 4.69) is 12.2 Å². The average Bonchev–Trinajstić information content (AvgIpc) is 2.92. The first-order valence-electron chi connectivity index (χ1n) is 6.23. The van der Waals surface area contributed by atoms with E-state index < -0.39 is 0 Å². The molecule has 4 atom stereocenters. The van der Waals surface area contributed by atoms with Crippen LogP contribution in [0.3, 0.4) is 0 Å². The van der Waals surface area contributed by atoms with Crippen molar-refractivity contribution in [1.82, 2.24) is 0 Å². The zero-order valence-electron chi connectivity index (χ0n) is 10.1. The summed E-state index contributed by atoms with van der Waals surface area (Å²) in [5.74, 6) is 1.27. The minimum absolute atomic E-state index is 0.0416. The Morgan fingerprint density at radius 2 is 1.94 bits per heavy atom. The van der Waals surface area contributed by atoms with Crippen molar-refractivity contribution in [2.75, 3.05) is 0 Å². The van der Waals surface area contributed by atoms with E-state index in [1.165, 1.54) is 0 Å². The van der Waals surface area contributed by atoms with Gasteiger partial charge in [0.2, 0.25) is 0 Å². The molecule has 0 spiro atoms. The molecule has 0 aromatic rings. The number of esters is 1. The summed E-state index contributed by atoms with van der Waals surface area (Å²) in [4.78, 5) is 23.5. The smallest absolute Gasteiger partial charge is 0.313 e. The minimum Gasteiger partial charge on any atom is -0.430 e. The summed E-state index contributed by atoms with van der Waals surface area (Å²) in [6.07, 6.45) is 6.89. The third-order valence-corrected chi connectivity index (χ3v) is 4.09. The first-order chi connectivity index (χ1) is 8.08. The van der Waals surface area contributed by atoms with E-state index in [-0.39, 0.29) is 29.5 Å². The average molecular weight is 232 g/mol. The molecule has 0 N–H and O–H groups in total. The Morgan fingerprint density at radius 3 is 2.59 bits per heavy atom. The summed E-state index contributed by atoms with van der Waals surface area (Å²) < 4.78 is 5.38. The monoisotopic (exact) mass is 232 g/mol. The summed E-state index contributed by atoms with van der Waals surface area (Å²) >= 11 is 0. The molecule has 1 fully saturated rings. The molecule has 17 heavy (non-hydrogen) atoms. The zero-order valence-corrected chi connectivity index (χ0v) is 10.1. The fourth-order valence-corrected chi connectivity index (χ4v) is 3.26. The van der Waals surface area contributed by atoms with Gasteiger partial charge in [0.15, 0.2) is 5.78 Å². The van der Waals surface area contributed by atoms with Gasteiger partial charge in [0, 0.05) is 17.9 Å². The third kappa shape index (κ3) is 1.48. The van der Waals surface area contributed by atoms with Crippen LogP contribution in [0.2, 0.25) is 0 Å². The second-order valence-electron chi connectivity index (χ2n) is 5.52. The molecule has 3 aliphatic carbocycles. The minimum atomic E-state index is -0.239. The predicted octanol–water partition coefficient (Wildman–Crippen LogP) is 2.09. The molecule has 2 bridgehead atoms. The molecule has 0 radical (unpaired) electrons. The summed E-state index contributed by atoms with van der Waals surface area (Å²) in [7, 11) is 0. The molecular formula is C14H16O3. The molecule has 3 heteroatoms. The largest absolute Gasteiger partial charge is 0.430 e. The van der Waals surface area contributed by atoms with E-state index in [0.717, 1.165) is 6.42 Å². The number of rotatable bonds is 2. The van der Waals surface area contributed by atoms with Crippen molar-refractivity contribution < 1.29 is 14.3 Å². The van der Waals surface area contributed by atoms with Gasteiger partial charge >= 0.3 is 5.97 Å². The lowest BCUT2D eigenvalue weighted by molar-refractivity contribution is -0.144. The molecule has 0 heterocycles. The van der Waals surface area contributed by atoms with Crippen LogP contribution in [0.25, 0.3) is 0 Å². The van der Waals surface area contributed by atoms with Gasteiger partial charge in [-0.25, -0.2) is 0 Å². The molecule has 0 aromatic carbocycles. The number of fused-ring (bicyclic) bond motifs is 5. The maximum absolute atomic E-state index is 11.9. The topological polar surface area (TPSA) is 43.4 Å². The fraction of sp³-hybridized carbons (Fsp3) is 0.571. The highest BCUT2D eigenvalue weighted by Gasteiger charge is 2.53. The van der Waals surface area contributed by atoms with Crippen molar-refractivity contribution in [3.63, 3.8) is 0 Å². The summed E-state index contributed by atoms with van der Waals surface area (Å²) in [6, 6.07) is 0. The normalized spacial score (nSPS) is 37.6. The number of hydrogen-bond acceptors (Lipinski definition) is 3. The molecule has 3 nitrogen and oxygen atoms in total. The van der Waals surface area contributed by atoms with Crippen LogP contribution in [0.4, 0.5) is 0 Å². The van der Waals surface area contributed by atoms with Crippen LogP contribution in [0.15, 0.2) is 24.0 Å². The Balaban J connectivity index is 1.83. The number of hydrogen-bond donors (Lipinski definition) is 0. The zero-order chi connectivity index (χ0) is 12.2. The molecule has 0 aliphatic heterocycles. The van der Waals surface area contributed by atoms with Crippen LogP contribution in [0.5, 0.6) is 0 Å². The van der Waals surface area contributed by atoms with Crippen molar-refractivity contribution >= 4 is 11.8 Å². The summed E-state index contributed by atoms with van der Waals surface area (Å²) in [6.45, 7) is 3.61. The predicted molar refractivity (Wildman–Crippen MR) is 61.7 cm³/mol. The maximum atomic E-state index is 11.9. The van der Waals surface area contributed by atoms with Gasteiger partial charge in [0.25, 0.3) is 0 Å². The Kier molecular flexibility index (Phi) is 2.25. The van der Waals surface area contributed by atoms with Crippen molar-refractivity contribution in [1.29, 1.82) is 0 Å². The highest BCUT2D eigenvalue weighted by Crippen LogP contribution is 2.54. The number of allylic oxidation sites excluding steroid dienone is 4. The third-order valence-electron chi connectivity index (χ3n) is 4.09. The first-order valence-corrected chi connectivity index (χ1v) is 6.23. The van der Waals surface area contributed by atoms with Gasteiger partial charge < -0.3 is 4.74 Å². The van der Waals surface area contributed by atoms with Crippen LogP contribution in [0.1, 0.15) is 20.3 Å². The second-order valence-corrected chi connectivity index (χ2v) is 5.52. The van der Waals surface area contributed by atoms with Crippen LogP contribution in [0, 0.1) is 29.6 Å². The summed E-state index contributed by atoms with van der Waals surface area (Å²) in [5.41, 5.74) is 0. The fourth-order valence-electron chi connectivity index (χ4n) is 3.26. The molecule has 0 saturated heterocycles. The van der Waals surface area contributed by atoms with Crippen LogP contribution in [-0.2, 0) is 14.3 Å². The maximum Gasteiger partial charge on any atom is 0.313 e. The van der Waals surface area contributed by atoms with E-state index in [9.17, 15) is 9.59 Å². The molecule has 0 aromatic heterocycles. The Labute approximate surface area is 101 Å². The summed E-state index contributed by atoms with van der Waals surface area (Å²) in [5, 5.41) is 0. The lowest BCUT2D eigenvalue weighted by atomic mass is 9.84. The van der Waals surface area contributed by atoms with E-state index in [1.807, 2.05) is 0 Å². The van der Waals surface area contributed by atoms with E-state index in [1.54, 1.807) is 19.9 Å². The van der Waals surface area contributed by atoms with Gasteiger partial charge in [-0.05, 0) is 18.3 Å². The molecule has 0 amide bonds. The highest BCUT2D eigenvalue weighted by molar-refractivity contribution is 5.97. The molecule has 3 rings (SSSR count). The number of carbonyl (C=O) groups excluding carboxylic acids is 2. The quantitative estimate of drug-likeness (QED) is 0.541. The van der Waals surface area contributed by atoms with E-state index >= 15 is 0 Å². The molecule has 0 unspecified atom stereocenters. The Bertz CT molecular complexity index is 444. The number of ketones is 1. The van der Waals surface area contributed by atoms with E-state index in [0.29, 0.717) is 17.6 Å². The molecular weight excluding hydrogens is 216 g/mol. The molecule has 1 saturated carbocycles. The van der Waals surface area contributed by atoms with Gasteiger partial charge in [-0.2, -0.15) is 0 Å². The van der Waals surface area contributed by atoms with Gasteiger partial charge in [-0.3, -0.25) is 9.59 Å². The van der Waals surface area contributed by atoms with Gasteiger partial charge in [0.05, 0.1) is 5.92 Å². The van der Waals surface area contributed by atoms with E-state index in [4.69, 9.17) is 4.74 Å². The SMILES string of the molecule is CC(C)C(=O)OC1=CC(=O)[C@H]2[C@@H]1[C@H]1C=C[C@@H]2C1. The second kappa shape index (κ2) is 3.56. The lowest BCUT2D eigenvalue weighted by Gasteiger charge is -2.22. The highest BCUT2D eigenvalue weighted by atomic mass is 16.5. The molecule has 3 aliphatic rings. The number of carbonyl (C=O) groups is 2. The van der Waals surface area contributed by atoms with Crippen molar-refractivity contribution in [2.45, 2.75) is 20.3 Å². The standard InChI is InChI=1S/C14H16O3/c1-7(2)14(16)17-11-6-10(15)12-8-3-4-9(5-8)13(11)12/h3-4,6-9,12-13H,5H2,1-2H3/t8-,9+,12+,13-/m1/s1. The van der Waals surface area contributed by atoms with Crippen LogP contribution >= 0.6 is 0 Å². The first kappa shape index (κ1) is 10.8. The Morgan fingerprint density at radius 1 is 1.29 bits per heavy atom.